The molecule has 164 valence electrons. The predicted octanol–water partition coefficient (Wildman–Crippen LogP) is 4.16. The van der Waals surface area contributed by atoms with E-state index in [2.05, 4.69) is 4.98 Å². The zero-order chi connectivity index (χ0) is 22.4. The van der Waals surface area contributed by atoms with Gasteiger partial charge < -0.3 is 15.2 Å². The molecule has 1 aromatic heterocycles. The van der Waals surface area contributed by atoms with Crippen molar-refractivity contribution in [2.24, 2.45) is 5.73 Å². The Balaban J connectivity index is 1.61. The van der Waals surface area contributed by atoms with Crippen LogP contribution in [0, 0.1) is 5.82 Å². The van der Waals surface area contributed by atoms with Crippen molar-refractivity contribution in [3.8, 4) is 5.75 Å². The highest BCUT2D eigenvalue weighted by molar-refractivity contribution is 5.78. The molecule has 0 unspecified atom stereocenters. The molecule has 0 atom stereocenters. The number of ether oxygens (including phenoxy) is 2. The summed E-state index contributed by atoms with van der Waals surface area (Å²) in [5, 5.41) is 0.498. The predicted molar refractivity (Wildman–Crippen MR) is 115 cm³/mol. The number of hydrogen-bond acceptors (Lipinski definition) is 5. The maximum atomic E-state index is 13.3. The van der Waals surface area contributed by atoms with Crippen LogP contribution in [-0.4, -0.2) is 21.2 Å². The molecule has 3 rings (SSSR count). The summed E-state index contributed by atoms with van der Waals surface area (Å²) in [6.45, 7) is 4.33. The average molecular weight is 427 g/mol. The van der Waals surface area contributed by atoms with Gasteiger partial charge in [0.25, 0.3) is 5.56 Å². The molecular formula is C23H26FN3O4. The lowest BCUT2D eigenvalue weighted by molar-refractivity contribution is 0.0371. The van der Waals surface area contributed by atoms with Crippen molar-refractivity contribution in [2.75, 3.05) is 0 Å². The van der Waals surface area contributed by atoms with Crippen molar-refractivity contribution in [2.45, 2.75) is 51.9 Å². The van der Waals surface area contributed by atoms with E-state index < -0.39 is 11.7 Å². The number of amides is 1. The largest absolute Gasteiger partial charge is 0.489 e. The second-order valence-corrected chi connectivity index (χ2v) is 7.98. The number of nitrogens with two attached hydrogens (primary N) is 1. The van der Waals surface area contributed by atoms with Crippen LogP contribution in [0.25, 0.3) is 10.9 Å². The van der Waals surface area contributed by atoms with Gasteiger partial charge >= 0.3 is 6.09 Å². The highest BCUT2D eigenvalue weighted by Gasteiger charge is 2.20. The third kappa shape index (κ3) is 6.28. The SMILES string of the molecule is CC(C)(CCCCn1cnc2cc(OCc3cccc(F)c3)ccc2c1=O)OC(N)=O. The summed E-state index contributed by atoms with van der Waals surface area (Å²) in [7, 11) is 0. The van der Waals surface area contributed by atoms with Gasteiger partial charge in [-0.2, -0.15) is 0 Å². The molecular weight excluding hydrogens is 401 g/mol. The van der Waals surface area contributed by atoms with Crippen LogP contribution in [0.1, 0.15) is 38.7 Å². The number of unbranched alkanes of at least 4 members (excludes halogenated alkanes) is 1. The van der Waals surface area contributed by atoms with Crippen LogP contribution in [0.5, 0.6) is 5.75 Å². The lowest BCUT2D eigenvalue weighted by Crippen LogP contribution is -2.31. The minimum Gasteiger partial charge on any atom is -0.489 e. The molecule has 1 amide bonds. The Hall–Kier alpha value is -3.42. The summed E-state index contributed by atoms with van der Waals surface area (Å²) in [6.07, 6.45) is 2.86. The molecule has 3 aromatic rings. The summed E-state index contributed by atoms with van der Waals surface area (Å²) in [4.78, 5) is 28.0. The molecule has 7 nitrogen and oxygen atoms in total. The number of primary amides is 1. The molecule has 0 saturated carbocycles. The second-order valence-electron chi connectivity index (χ2n) is 7.98. The highest BCUT2D eigenvalue weighted by Crippen LogP contribution is 2.20. The van der Waals surface area contributed by atoms with E-state index in [1.54, 1.807) is 48.7 Å². The average Bonchev–Trinajstić information content (AvgIpc) is 2.70. The first-order chi connectivity index (χ1) is 14.7. The standard InChI is InChI=1S/C23H26FN3O4/c1-23(2,31-22(25)29)10-3-4-11-27-15-26-20-13-18(8-9-19(20)21(27)28)30-14-16-6-5-7-17(24)12-16/h5-9,12-13,15H,3-4,10-11,14H2,1-2H3,(H2,25,29). The minimum atomic E-state index is -0.792. The van der Waals surface area contributed by atoms with Crippen LogP contribution in [-0.2, 0) is 17.9 Å². The molecule has 2 N–H and O–H groups in total. The van der Waals surface area contributed by atoms with Crippen LogP contribution in [0.4, 0.5) is 9.18 Å². The fourth-order valence-electron chi connectivity index (χ4n) is 3.34. The Morgan fingerprint density at radius 2 is 2.00 bits per heavy atom. The molecule has 0 spiro atoms. The van der Waals surface area contributed by atoms with Crippen LogP contribution in [0.2, 0.25) is 0 Å². The molecule has 31 heavy (non-hydrogen) atoms. The van der Waals surface area contributed by atoms with Gasteiger partial charge in [-0.3, -0.25) is 9.36 Å². The number of carbonyl (C=O) groups excluding carboxylic acids is 1. The Labute approximate surface area is 179 Å². The molecule has 0 saturated heterocycles. The van der Waals surface area contributed by atoms with Crippen molar-refractivity contribution in [1.82, 2.24) is 9.55 Å². The van der Waals surface area contributed by atoms with Gasteiger partial charge in [-0.25, -0.2) is 14.2 Å². The smallest absolute Gasteiger partial charge is 0.405 e. The molecule has 0 radical (unpaired) electrons. The number of nitrogens with zero attached hydrogens (tertiary/aromatic N) is 2. The van der Waals surface area contributed by atoms with E-state index in [-0.39, 0.29) is 18.0 Å². The fourth-order valence-corrected chi connectivity index (χ4v) is 3.34. The second kappa shape index (κ2) is 9.59. The van der Waals surface area contributed by atoms with Gasteiger partial charge in [0.15, 0.2) is 0 Å². The maximum Gasteiger partial charge on any atom is 0.405 e. The van der Waals surface area contributed by atoms with E-state index in [1.165, 1.54) is 18.5 Å². The molecule has 0 bridgehead atoms. The van der Waals surface area contributed by atoms with Crippen LogP contribution in [0.15, 0.2) is 53.6 Å². The van der Waals surface area contributed by atoms with Gasteiger partial charge in [0.1, 0.15) is 23.8 Å². The fraction of sp³-hybridized carbons (Fsp3) is 0.348. The van der Waals surface area contributed by atoms with E-state index >= 15 is 0 Å². The Bertz CT molecular complexity index is 1130. The highest BCUT2D eigenvalue weighted by atomic mass is 19.1. The molecule has 0 aliphatic heterocycles. The number of rotatable bonds is 9. The monoisotopic (exact) mass is 427 g/mol. The van der Waals surface area contributed by atoms with Gasteiger partial charge in [-0.15, -0.1) is 0 Å². The third-order valence-electron chi connectivity index (χ3n) is 4.90. The van der Waals surface area contributed by atoms with E-state index in [9.17, 15) is 14.0 Å². The third-order valence-corrected chi connectivity index (χ3v) is 4.90. The van der Waals surface area contributed by atoms with Gasteiger partial charge in [-0.1, -0.05) is 12.1 Å². The van der Waals surface area contributed by atoms with Crippen LogP contribution >= 0.6 is 0 Å². The zero-order valence-electron chi connectivity index (χ0n) is 17.6. The first-order valence-corrected chi connectivity index (χ1v) is 10.1. The Kier molecular flexibility index (Phi) is 6.89. The molecule has 8 heteroatoms. The molecule has 0 aliphatic carbocycles. The number of fused-ring (bicyclic) bond motifs is 1. The normalized spacial score (nSPS) is 11.5. The molecule has 0 aliphatic rings. The van der Waals surface area contributed by atoms with Gasteiger partial charge in [0.05, 0.1) is 17.2 Å². The van der Waals surface area contributed by atoms with Crippen molar-refractivity contribution < 1.29 is 18.7 Å². The summed E-state index contributed by atoms with van der Waals surface area (Å²) in [5.41, 5.74) is 5.56. The van der Waals surface area contributed by atoms with E-state index in [0.29, 0.717) is 35.2 Å². The van der Waals surface area contributed by atoms with E-state index in [0.717, 1.165) is 12.8 Å². The molecule has 2 aromatic carbocycles. The lowest BCUT2D eigenvalue weighted by Gasteiger charge is -2.23. The number of carbonyl (C=O) groups is 1. The van der Waals surface area contributed by atoms with Gasteiger partial charge in [0, 0.05) is 12.6 Å². The first-order valence-electron chi connectivity index (χ1n) is 10.1. The van der Waals surface area contributed by atoms with Gasteiger partial charge in [-0.05, 0) is 62.9 Å². The van der Waals surface area contributed by atoms with Crippen molar-refractivity contribution >= 4 is 17.0 Å². The first kappa shape index (κ1) is 22.3. The van der Waals surface area contributed by atoms with Crippen molar-refractivity contribution in [3.05, 3.63) is 70.5 Å². The summed E-state index contributed by atoms with van der Waals surface area (Å²) in [6, 6.07) is 11.3. The number of aromatic nitrogens is 2. The maximum absolute atomic E-state index is 13.3. The van der Waals surface area contributed by atoms with Crippen LogP contribution < -0.4 is 16.0 Å². The molecule has 0 fully saturated rings. The summed E-state index contributed by atoms with van der Waals surface area (Å²) < 4.78 is 25.6. The van der Waals surface area contributed by atoms with E-state index in [4.69, 9.17) is 15.2 Å². The summed E-state index contributed by atoms with van der Waals surface area (Å²) >= 11 is 0. The Morgan fingerprint density at radius 1 is 1.19 bits per heavy atom. The quantitative estimate of drug-likeness (QED) is 0.517. The molecule has 1 heterocycles. The van der Waals surface area contributed by atoms with E-state index in [1.807, 2.05) is 0 Å². The Morgan fingerprint density at radius 3 is 2.74 bits per heavy atom. The van der Waals surface area contributed by atoms with Crippen molar-refractivity contribution in [3.63, 3.8) is 0 Å². The minimum absolute atomic E-state index is 0.130. The summed E-state index contributed by atoms with van der Waals surface area (Å²) in [5.74, 6) is 0.240. The number of aryl methyl sites for hydroxylation is 1. The number of benzene rings is 2. The van der Waals surface area contributed by atoms with Gasteiger partial charge in [0.2, 0.25) is 0 Å². The van der Waals surface area contributed by atoms with Crippen molar-refractivity contribution in [1.29, 1.82) is 0 Å². The number of hydrogen-bond donors (Lipinski definition) is 1. The zero-order valence-corrected chi connectivity index (χ0v) is 17.6. The number of halogens is 1. The topological polar surface area (TPSA) is 96.4 Å². The lowest BCUT2D eigenvalue weighted by atomic mass is 10.0. The van der Waals surface area contributed by atoms with Crippen LogP contribution in [0.3, 0.4) is 0 Å².